The van der Waals surface area contributed by atoms with Crippen molar-refractivity contribution in [1.29, 1.82) is 5.26 Å². The molecule has 0 saturated heterocycles. The maximum atomic E-state index is 12.4. The van der Waals surface area contributed by atoms with E-state index < -0.39 is 23.5 Å². The Labute approximate surface area is 127 Å². The molecule has 0 unspecified atom stereocenters. The van der Waals surface area contributed by atoms with Crippen LogP contribution in [0.5, 0.6) is 0 Å². The van der Waals surface area contributed by atoms with Crippen molar-refractivity contribution in [2.75, 3.05) is 0 Å². The highest BCUT2D eigenvalue weighted by molar-refractivity contribution is 5.95. The number of hydrogen-bond donors (Lipinski definition) is 1. The fourth-order valence-corrected chi connectivity index (χ4v) is 1.91. The van der Waals surface area contributed by atoms with Gasteiger partial charge in [-0.2, -0.15) is 23.4 Å². The standard InChI is InChI=1S/C14H9F3N4O2/c15-14(16,17)12-19-10(21-23-12)8-1-3-9(4-2-8)11(22)20-13(7-18)5-6-13/h1-4H,5-6H2,(H,20,22). The molecule has 2 aromatic rings. The van der Waals surface area contributed by atoms with Gasteiger partial charge < -0.3 is 9.84 Å². The summed E-state index contributed by atoms with van der Waals surface area (Å²) in [6.45, 7) is 0. The van der Waals surface area contributed by atoms with Crippen molar-refractivity contribution < 1.29 is 22.5 Å². The molecule has 0 bridgehead atoms. The number of benzene rings is 1. The first-order valence-electron chi connectivity index (χ1n) is 6.58. The van der Waals surface area contributed by atoms with Gasteiger partial charge in [-0.3, -0.25) is 4.79 Å². The Balaban J connectivity index is 1.76. The smallest absolute Gasteiger partial charge is 0.334 e. The van der Waals surface area contributed by atoms with Crippen molar-refractivity contribution in [3.8, 4) is 17.5 Å². The van der Waals surface area contributed by atoms with Crippen molar-refractivity contribution in [2.24, 2.45) is 0 Å². The van der Waals surface area contributed by atoms with Gasteiger partial charge in [-0.1, -0.05) is 17.3 Å². The Kier molecular flexibility index (Phi) is 3.32. The van der Waals surface area contributed by atoms with Crippen molar-refractivity contribution in [2.45, 2.75) is 24.6 Å². The number of rotatable bonds is 3. The average molecular weight is 322 g/mol. The number of nitriles is 1. The first-order chi connectivity index (χ1) is 10.8. The third kappa shape index (κ3) is 3.01. The minimum atomic E-state index is -4.71. The largest absolute Gasteiger partial charge is 0.471 e. The van der Waals surface area contributed by atoms with E-state index in [1.165, 1.54) is 24.3 Å². The van der Waals surface area contributed by atoms with Crippen LogP contribution in [0.1, 0.15) is 29.1 Å². The van der Waals surface area contributed by atoms with E-state index in [1.54, 1.807) is 0 Å². The first kappa shape index (κ1) is 15.0. The average Bonchev–Trinajstić information content (AvgIpc) is 3.10. The molecule has 1 aromatic heterocycles. The quantitative estimate of drug-likeness (QED) is 0.937. The highest BCUT2D eigenvalue weighted by atomic mass is 19.4. The molecule has 0 atom stereocenters. The van der Waals surface area contributed by atoms with E-state index >= 15 is 0 Å². The summed E-state index contributed by atoms with van der Waals surface area (Å²) in [5.41, 5.74) is -0.220. The lowest BCUT2D eigenvalue weighted by Crippen LogP contribution is -2.35. The van der Waals surface area contributed by atoms with E-state index in [2.05, 4.69) is 20.0 Å². The Hall–Kier alpha value is -2.89. The highest BCUT2D eigenvalue weighted by Crippen LogP contribution is 2.34. The lowest BCUT2D eigenvalue weighted by Gasteiger charge is -2.09. The van der Waals surface area contributed by atoms with Crippen molar-refractivity contribution in [1.82, 2.24) is 15.5 Å². The second kappa shape index (κ2) is 5.08. The van der Waals surface area contributed by atoms with Gasteiger partial charge >= 0.3 is 12.1 Å². The summed E-state index contributed by atoms with van der Waals surface area (Å²) in [7, 11) is 0. The number of halogens is 3. The summed E-state index contributed by atoms with van der Waals surface area (Å²) in [6, 6.07) is 7.69. The summed E-state index contributed by atoms with van der Waals surface area (Å²) in [6.07, 6.45) is -3.49. The van der Waals surface area contributed by atoms with E-state index in [0.29, 0.717) is 12.8 Å². The topological polar surface area (TPSA) is 91.8 Å². The van der Waals surface area contributed by atoms with E-state index in [-0.39, 0.29) is 17.0 Å². The lowest BCUT2D eigenvalue weighted by molar-refractivity contribution is -0.159. The molecule has 1 saturated carbocycles. The number of alkyl halides is 3. The van der Waals surface area contributed by atoms with Crippen LogP contribution < -0.4 is 5.32 Å². The predicted octanol–water partition coefficient (Wildman–Crippen LogP) is 2.54. The number of carbonyl (C=O) groups excluding carboxylic acids is 1. The molecular weight excluding hydrogens is 313 g/mol. The second-order valence-electron chi connectivity index (χ2n) is 5.15. The molecule has 3 rings (SSSR count). The Morgan fingerprint density at radius 1 is 1.30 bits per heavy atom. The van der Waals surface area contributed by atoms with Gasteiger partial charge in [0.1, 0.15) is 5.54 Å². The number of nitrogens with one attached hydrogen (secondary N) is 1. The maximum Gasteiger partial charge on any atom is 0.471 e. The van der Waals surface area contributed by atoms with Gasteiger partial charge in [0.2, 0.25) is 5.82 Å². The van der Waals surface area contributed by atoms with Crippen molar-refractivity contribution in [3.05, 3.63) is 35.7 Å². The molecular formula is C14H9F3N4O2. The Morgan fingerprint density at radius 3 is 2.43 bits per heavy atom. The second-order valence-corrected chi connectivity index (χ2v) is 5.15. The van der Waals surface area contributed by atoms with Crippen LogP contribution in [0.15, 0.2) is 28.8 Å². The van der Waals surface area contributed by atoms with Crippen LogP contribution in [0, 0.1) is 11.3 Å². The molecule has 1 aliphatic rings. The van der Waals surface area contributed by atoms with Crippen LogP contribution in [0.3, 0.4) is 0 Å². The van der Waals surface area contributed by atoms with E-state index in [0.717, 1.165) is 0 Å². The van der Waals surface area contributed by atoms with E-state index in [1.807, 2.05) is 6.07 Å². The highest BCUT2D eigenvalue weighted by Gasteiger charge is 2.44. The number of amides is 1. The van der Waals surface area contributed by atoms with E-state index in [9.17, 15) is 18.0 Å². The van der Waals surface area contributed by atoms with E-state index in [4.69, 9.17) is 5.26 Å². The molecule has 1 amide bonds. The van der Waals surface area contributed by atoms with Crippen molar-refractivity contribution >= 4 is 5.91 Å². The molecule has 0 spiro atoms. The van der Waals surface area contributed by atoms with Crippen LogP contribution >= 0.6 is 0 Å². The normalized spacial score (nSPS) is 15.7. The Bertz CT molecular complexity index is 786. The summed E-state index contributed by atoms with van der Waals surface area (Å²) >= 11 is 0. The molecule has 1 aromatic carbocycles. The maximum absolute atomic E-state index is 12.4. The fourth-order valence-electron chi connectivity index (χ4n) is 1.91. The third-order valence-corrected chi connectivity index (χ3v) is 3.39. The number of nitrogens with zero attached hydrogens (tertiary/aromatic N) is 3. The molecule has 9 heteroatoms. The SMILES string of the molecule is N#CC1(NC(=O)c2ccc(-c3noc(C(F)(F)F)n3)cc2)CC1. The summed E-state index contributed by atoms with van der Waals surface area (Å²) < 4.78 is 41.4. The fraction of sp³-hybridized carbons (Fsp3) is 0.286. The molecule has 1 fully saturated rings. The van der Waals surface area contributed by atoms with Gasteiger partial charge in [-0.05, 0) is 25.0 Å². The van der Waals surface area contributed by atoms with Crippen LogP contribution in [-0.2, 0) is 6.18 Å². The summed E-state index contributed by atoms with van der Waals surface area (Å²) in [5, 5.41) is 14.8. The van der Waals surface area contributed by atoms with Gasteiger partial charge in [0.15, 0.2) is 0 Å². The zero-order valence-corrected chi connectivity index (χ0v) is 11.5. The first-order valence-corrected chi connectivity index (χ1v) is 6.58. The third-order valence-electron chi connectivity index (χ3n) is 3.39. The lowest BCUT2D eigenvalue weighted by atomic mass is 10.1. The molecule has 0 aliphatic heterocycles. The van der Waals surface area contributed by atoms with Gasteiger partial charge in [-0.25, -0.2) is 0 Å². The van der Waals surface area contributed by atoms with Crippen LogP contribution in [0.4, 0.5) is 13.2 Å². The molecule has 23 heavy (non-hydrogen) atoms. The zero-order chi connectivity index (χ0) is 16.7. The van der Waals surface area contributed by atoms with Crippen LogP contribution in [0.2, 0.25) is 0 Å². The molecule has 118 valence electrons. The predicted molar refractivity (Wildman–Crippen MR) is 69.8 cm³/mol. The summed E-state index contributed by atoms with van der Waals surface area (Å²) in [5.74, 6) is -2.07. The van der Waals surface area contributed by atoms with Gasteiger partial charge in [0.25, 0.3) is 5.91 Å². The molecule has 0 radical (unpaired) electrons. The van der Waals surface area contributed by atoms with Crippen LogP contribution in [0.25, 0.3) is 11.4 Å². The molecule has 1 aliphatic carbocycles. The number of carbonyl (C=O) groups is 1. The van der Waals surface area contributed by atoms with Gasteiger partial charge in [0, 0.05) is 11.1 Å². The minimum absolute atomic E-state index is 0.222. The minimum Gasteiger partial charge on any atom is -0.334 e. The molecule has 6 nitrogen and oxygen atoms in total. The van der Waals surface area contributed by atoms with Crippen LogP contribution in [-0.4, -0.2) is 21.6 Å². The van der Waals surface area contributed by atoms with Gasteiger partial charge in [0.05, 0.1) is 6.07 Å². The van der Waals surface area contributed by atoms with Gasteiger partial charge in [-0.15, -0.1) is 0 Å². The zero-order valence-electron chi connectivity index (χ0n) is 11.5. The number of aromatic nitrogens is 2. The molecule has 1 N–H and O–H groups in total. The molecule has 1 heterocycles. The monoisotopic (exact) mass is 322 g/mol. The summed E-state index contributed by atoms with van der Waals surface area (Å²) in [4.78, 5) is 15.2. The number of hydrogen-bond acceptors (Lipinski definition) is 5. The Morgan fingerprint density at radius 2 is 1.96 bits per heavy atom. The van der Waals surface area contributed by atoms with Crippen molar-refractivity contribution in [3.63, 3.8) is 0 Å².